The summed E-state index contributed by atoms with van der Waals surface area (Å²) in [5.41, 5.74) is 8.78. The summed E-state index contributed by atoms with van der Waals surface area (Å²) in [7, 11) is 0. The van der Waals surface area contributed by atoms with E-state index < -0.39 is 0 Å². The Morgan fingerprint density at radius 2 is 1.92 bits per heavy atom. The maximum Gasteiger partial charge on any atom is 0.0387 e. The average Bonchev–Trinajstić information content (AvgIpc) is 2.06. The third-order valence-electron chi connectivity index (χ3n) is 1.68. The molecule has 1 aromatic rings. The van der Waals surface area contributed by atoms with Gasteiger partial charge in [-0.15, -0.1) is 0 Å². The third kappa shape index (κ3) is 1.99. The SMILES string of the molecule is C=C/C=C(/N)c1ccc(C)cc1. The van der Waals surface area contributed by atoms with Gasteiger partial charge in [-0.3, -0.25) is 0 Å². The van der Waals surface area contributed by atoms with Gasteiger partial charge < -0.3 is 5.73 Å². The first-order valence-electron chi connectivity index (χ1n) is 3.89. The molecule has 0 aromatic heterocycles. The van der Waals surface area contributed by atoms with Gasteiger partial charge in [0.2, 0.25) is 0 Å². The highest BCUT2D eigenvalue weighted by Gasteiger charge is 1.92. The summed E-state index contributed by atoms with van der Waals surface area (Å²) in [5.74, 6) is 0. The molecule has 0 aliphatic rings. The first-order chi connectivity index (χ1) is 5.74. The van der Waals surface area contributed by atoms with Gasteiger partial charge in [0, 0.05) is 5.70 Å². The lowest BCUT2D eigenvalue weighted by molar-refractivity contribution is 1.43. The standard InChI is InChI=1S/C11H13N/c1-3-4-11(12)10-7-5-9(2)6-8-10/h3-8H,1,12H2,2H3/b11-4+. The molecule has 0 saturated heterocycles. The fourth-order valence-corrected chi connectivity index (χ4v) is 0.969. The maximum atomic E-state index is 5.75. The second kappa shape index (κ2) is 3.77. The van der Waals surface area contributed by atoms with Crippen LogP contribution in [-0.4, -0.2) is 0 Å². The van der Waals surface area contributed by atoms with Crippen LogP contribution in [0, 0.1) is 6.92 Å². The first-order valence-corrected chi connectivity index (χ1v) is 3.89. The minimum absolute atomic E-state index is 0.755. The first kappa shape index (κ1) is 8.60. The van der Waals surface area contributed by atoms with Crippen molar-refractivity contribution in [3.63, 3.8) is 0 Å². The van der Waals surface area contributed by atoms with Crippen molar-refractivity contribution >= 4 is 5.70 Å². The van der Waals surface area contributed by atoms with E-state index in [2.05, 4.69) is 13.5 Å². The minimum atomic E-state index is 0.755. The van der Waals surface area contributed by atoms with Crippen LogP contribution in [0.5, 0.6) is 0 Å². The molecule has 0 amide bonds. The van der Waals surface area contributed by atoms with E-state index in [0.29, 0.717) is 0 Å². The zero-order valence-corrected chi connectivity index (χ0v) is 7.25. The van der Waals surface area contributed by atoms with Crippen molar-refractivity contribution in [2.75, 3.05) is 0 Å². The number of aryl methyl sites for hydroxylation is 1. The van der Waals surface area contributed by atoms with E-state index in [-0.39, 0.29) is 0 Å². The van der Waals surface area contributed by atoms with E-state index in [4.69, 9.17) is 5.73 Å². The summed E-state index contributed by atoms with van der Waals surface area (Å²) < 4.78 is 0. The lowest BCUT2D eigenvalue weighted by Crippen LogP contribution is -1.94. The Balaban J connectivity index is 2.97. The van der Waals surface area contributed by atoms with Gasteiger partial charge in [-0.05, 0) is 18.6 Å². The van der Waals surface area contributed by atoms with Crippen molar-refractivity contribution in [3.05, 3.63) is 54.1 Å². The van der Waals surface area contributed by atoms with E-state index in [9.17, 15) is 0 Å². The molecular weight excluding hydrogens is 146 g/mol. The van der Waals surface area contributed by atoms with Gasteiger partial charge in [0.25, 0.3) is 0 Å². The Hall–Kier alpha value is -1.50. The van der Waals surface area contributed by atoms with Crippen LogP contribution in [0.3, 0.4) is 0 Å². The summed E-state index contributed by atoms with van der Waals surface area (Å²) >= 11 is 0. The van der Waals surface area contributed by atoms with Crippen molar-refractivity contribution in [2.24, 2.45) is 5.73 Å². The number of allylic oxidation sites excluding steroid dienone is 2. The molecule has 0 bridgehead atoms. The number of hydrogen-bond acceptors (Lipinski definition) is 1. The van der Waals surface area contributed by atoms with Gasteiger partial charge in [-0.25, -0.2) is 0 Å². The van der Waals surface area contributed by atoms with Gasteiger partial charge in [0.1, 0.15) is 0 Å². The van der Waals surface area contributed by atoms with E-state index in [1.165, 1.54) is 5.56 Å². The van der Waals surface area contributed by atoms with E-state index in [1.807, 2.05) is 24.3 Å². The summed E-state index contributed by atoms with van der Waals surface area (Å²) in [4.78, 5) is 0. The zero-order valence-electron chi connectivity index (χ0n) is 7.25. The highest BCUT2D eigenvalue weighted by molar-refractivity contribution is 5.64. The smallest absolute Gasteiger partial charge is 0.0387 e. The molecule has 0 heterocycles. The van der Waals surface area contributed by atoms with E-state index >= 15 is 0 Å². The molecule has 12 heavy (non-hydrogen) atoms. The van der Waals surface area contributed by atoms with Crippen LogP contribution < -0.4 is 5.73 Å². The van der Waals surface area contributed by atoms with E-state index in [0.717, 1.165) is 11.3 Å². The largest absolute Gasteiger partial charge is 0.398 e. The lowest BCUT2D eigenvalue weighted by Gasteiger charge is -2.00. The van der Waals surface area contributed by atoms with Gasteiger partial charge in [0.15, 0.2) is 0 Å². The maximum absolute atomic E-state index is 5.75. The molecule has 0 spiro atoms. The van der Waals surface area contributed by atoms with Crippen molar-refractivity contribution in [3.8, 4) is 0 Å². The molecule has 1 rings (SSSR count). The predicted octanol–water partition coefficient (Wildman–Crippen LogP) is 2.48. The van der Waals surface area contributed by atoms with Crippen molar-refractivity contribution in [1.82, 2.24) is 0 Å². The summed E-state index contributed by atoms with van der Waals surface area (Å²) in [6, 6.07) is 8.09. The molecule has 0 unspecified atom stereocenters. The normalized spacial score (nSPS) is 11.2. The number of hydrogen-bond donors (Lipinski definition) is 1. The predicted molar refractivity (Wildman–Crippen MR) is 53.5 cm³/mol. The molecule has 0 fully saturated rings. The van der Waals surface area contributed by atoms with Crippen LogP contribution in [-0.2, 0) is 0 Å². The lowest BCUT2D eigenvalue weighted by atomic mass is 10.1. The monoisotopic (exact) mass is 159 g/mol. The van der Waals surface area contributed by atoms with Gasteiger partial charge in [-0.2, -0.15) is 0 Å². The average molecular weight is 159 g/mol. The summed E-state index contributed by atoms with van der Waals surface area (Å²) in [5, 5.41) is 0. The Bertz CT molecular complexity index is 293. The Labute approximate surface area is 73.2 Å². The third-order valence-corrected chi connectivity index (χ3v) is 1.68. The molecule has 1 aromatic carbocycles. The second-order valence-corrected chi connectivity index (χ2v) is 2.72. The van der Waals surface area contributed by atoms with Crippen molar-refractivity contribution < 1.29 is 0 Å². The molecule has 0 aliphatic carbocycles. The molecular formula is C11H13N. The van der Waals surface area contributed by atoms with Crippen molar-refractivity contribution in [2.45, 2.75) is 6.92 Å². The van der Waals surface area contributed by atoms with Crippen LogP contribution >= 0.6 is 0 Å². The van der Waals surface area contributed by atoms with Gasteiger partial charge >= 0.3 is 0 Å². The van der Waals surface area contributed by atoms with Crippen LogP contribution in [0.1, 0.15) is 11.1 Å². The fraction of sp³-hybridized carbons (Fsp3) is 0.0909. The zero-order chi connectivity index (χ0) is 8.97. The quantitative estimate of drug-likeness (QED) is 0.659. The Morgan fingerprint density at radius 1 is 1.33 bits per heavy atom. The Morgan fingerprint density at radius 3 is 2.42 bits per heavy atom. The number of rotatable bonds is 2. The fourth-order valence-electron chi connectivity index (χ4n) is 0.969. The molecule has 0 atom stereocenters. The van der Waals surface area contributed by atoms with Gasteiger partial charge in [-0.1, -0.05) is 42.5 Å². The van der Waals surface area contributed by atoms with Gasteiger partial charge in [0.05, 0.1) is 0 Å². The molecule has 0 aliphatic heterocycles. The van der Waals surface area contributed by atoms with E-state index in [1.54, 1.807) is 12.2 Å². The summed E-state index contributed by atoms with van der Waals surface area (Å²) in [6.45, 7) is 5.64. The Kier molecular flexibility index (Phi) is 2.70. The minimum Gasteiger partial charge on any atom is -0.398 e. The summed E-state index contributed by atoms with van der Waals surface area (Å²) in [6.07, 6.45) is 3.49. The van der Waals surface area contributed by atoms with Crippen LogP contribution in [0.25, 0.3) is 5.70 Å². The number of nitrogens with two attached hydrogens (primary N) is 1. The molecule has 0 saturated carbocycles. The second-order valence-electron chi connectivity index (χ2n) is 2.72. The molecule has 1 heteroatoms. The molecule has 62 valence electrons. The highest BCUT2D eigenvalue weighted by Crippen LogP contribution is 2.09. The molecule has 2 N–H and O–H groups in total. The topological polar surface area (TPSA) is 26.0 Å². The molecule has 0 radical (unpaired) electrons. The molecule has 1 nitrogen and oxygen atoms in total. The van der Waals surface area contributed by atoms with Crippen LogP contribution in [0.2, 0.25) is 0 Å². The van der Waals surface area contributed by atoms with Crippen LogP contribution in [0.15, 0.2) is 43.0 Å². The highest BCUT2D eigenvalue weighted by atomic mass is 14.6. The number of benzene rings is 1. The van der Waals surface area contributed by atoms with Crippen molar-refractivity contribution in [1.29, 1.82) is 0 Å². The van der Waals surface area contributed by atoms with Crippen LogP contribution in [0.4, 0.5) is 0 Å².